The van der Waals surface area contributed by atoms with Gasteiger partial charge in [0.15, 0.2) is 0 Å². The molecule has 2 rings (SSSR count). The summed E-state index contributed by atoms with van der Waals surface area (Å²) in [6.07, 6.45) is 0.119. The largest absolute Gasteiger partial charge is 0.456 e. The highest BCUT2D eigenvalue weighted by Crippen LogP contribution is 2.30. The van der Waals surface area contributed by atoms with E-state index in [0.717, 1.165) is 12.1 Å². The first-order chi connectivity index (χ1) is 9.29. The van der Waals surface area contributed by atoms with Gasteiger partial charge in [-0.05, 0) is 28.1 Å². The fraction of sp³-hybridized carbons (Fsp3) is 0.364. The molecule has 1 atom stereocenters. The lowest BCUT2D eigenvalue weighted by atomic mass is 10.2. The van der Waals surface area contributed by atoms with Gasteiger partial charge in [0.2, 0.25) is 0 Å². The highest BCUT2D eigenvalue weighted by atomic mass is 79.9. The minimum atomic E-state index is -4.19. The Balaban J connectivity index is 2.36. The third-order valence-electron chi connectivity index (χ3n) is 2.65. The maximum Gasteiger partial charge on any atom is 0.339 e. The molecule has 0 spiro atoms. The van der Waals surface area contributed by atoms with Crippen molar-refractivity contribution in [1.29, 1.82) is 0 Å². The van der Waals surface area contributed by atoms with E-state index < -0.39 is 31.8 Å². The molecule has 1 aromatic carbocycles. The maximum atomic E-state index is 13.4. The first-order valence-electron chi connectivity index (χ1n) is 5.51. The molecular weight excluding hydrogens is 379 g/mol. The van der Waals surface area contributed by atoms with Gasteiger partial charge in [0.1, 0.15) is 16.8 Å². The van der Waals surface area contributed by atoms with Crippen LogP contribution in [-0.4, -0.2) is 33.7 Å². The van der Waals surface area contributed by atoms with Crippen LogP contribution in [0.1, 0.15) is 16.8 Å². The van der Waals surface area contributed by atoms with Gasteiger partial charge in [-0.25, -0.2) is 17.6 Å². The van der Waals surface area contributed by atoms with Crippen molar-refractivity contribution in [2.45, 2.75) is 17.4 Å². The summed E-state index contributed by atoms with van der Waals surface area (Å²) in [7, 11) is 1.000. The Kier molecular flexibility index (Phi) is 4.68. The molecule has 0 amide bonds. The van der Waals surface area contributed by atoms with Gasteiger partial charge >= 0.3 is 5.97 Å². The Morgan fingerprint density at radius 1 is 1.50 bits per heavy atom. The van der Waals surface area contributed by atoms with E-state index in [1.165, 1.54) is 0 Å². The molecule has 1 saturated heterocycles. The Bertz CT molecular complexity index is 642. The van der Waals surface area contributed by atoms with Crippen molar-refractivity contribution >= 4 is 41.6 Å². The molecule has 0 aliphatic carbocycles. The monoisotopic (exact) mass is 386 g/mol. The molecule has 0 aromatic heterocycles. The lowest BCUT2D eigenvalue weighted by molar-refractivity contribution is 0.0268. The minimum absolute atomic E-state index is 0.127. The smallest absolute Gasteiger partial charge is 0.339 e. The summed E-state index contributed by atoms with van der Waals surface area (Å²) >= 11 is 2.94. The lowest BCUT2D eigenvalue weighted by Crippen LogP contribution is -2.19. The summed E-state index contributed by atoms with van der Waals surface area (Å²) in [5, 5.41) is 0. The topological polar surface area (TPSA) is 69.7 Å². The average molecular weight is 388 g/mol. The summed E-state index contributed by atoms with van der Waals surface area (Å²) in [4.78, 5) is 11.4. The van der Waals surface area contributed by atoms with Gasteiger partial charge in [-0.1, -0.05) is 0 Å². The summed E-state index contributed by atoms with van der Waals surface area (Å²) in [6, 6.07) is 1.61. The molecule has 9 heteroatoms. The second kappa shape index (κ2) is 5.97. The van der Waals surface area contributed by atoms with Crippen molar-refractivity contribution < 1.29 is 27.1 Å². The fourth-order valence-electron chi connectivity index (χ4n) is 1.71. The zero-order chi connectivity index (χ0) is 14.9. The van der Waals surface area contributed by atoms with Crippen molar-refractivity contribution in [3.8, 4) is 0 Å². The van der Waals surface area contributed by atoms with E-state index in [9.17, 15) is 17.6 Å². The van der Waals surface area contributed by atoms with Gasteiger partial charge in [0.05, 0.1) is 23.2 Å². The quantitative estimate of drug-likeness (QED) is 0.589. The second-order valence-electron chi connectivity index (χ2n) is 4.09. The maximum absolute atomic E-state index is 13.4. The van der Waals surface area contributed by atoms with Crippen LogP contribution in [0.5, 0.6) is 0 Å². The Morgan fingerprint density at radius 2 is 2.20 bits per heavy atom. The van der Waals surface area contributed by atoms with Crippen LogP contribution in [0.4, 0.5) is 4.39 Å². The van der Waals surface area contributed by atoms with E-state index in [1.54, 1.807) is 0 Å². The Hall–Kier alpha value is -0.700. The number of esters is 1. The first-order valence-corrected chi connectivity index (χ1v) is 8.61. The van der Waals surface area contributed by atoms with Crippen LogP contribution in [0.15, 0.2) is 21.5 Å². The van der Waals surface area contributed by atoms with Gasteiger partial charge in [0.25, 0.3) is 9.05 Å². The Labute approximate surface area is 127 Å². The highest BCUT2D eigenvalue weighted by molar-refractivity contribution is 9.10. The number of benzene rings is 1. The third kappa shape index (κ3) is 3.49. The molecule has 0 bridgehead atoms. The SMILES string of the molecule is O=C(OC1CCOC1)c1cc(F)cc(S(=O)(=O)Cl)c1Br. The summed E-state index contributed by atoms with van der Waals surface area (Å²) < 4.78 is 46.1. The van der Waals surface area contributed by atoms with E-state index in [0.29, 0.717) is 13.0 Å². The number of hydrogen-bond acceptors (Lipinski definition) is 5. The predicted molar refractivity (Wildman–Crippen MR) is 71.8 cm³/mol. The van der Waals surface area contributed by atoms with Crippen LogP contribution in [0, 0.1) is 5.82 Å². The molecule has 1 fully saturated rings. The van der Waals surface area contributed by atoms with Gasteiger partial charge in [-0.2, -0.15) is 0 Å². The highest BCUT2D eigenvalue weighted by Gasteiger charge is 2.26. The molecule has 20 heavy (non-hydrogen) atoms. The van der Waals surface area contributed by atoms with Crippen molar-refractivity contribution in [2.75, 3.05) is 13.2 Å². The van der Waals surface area contributed by atoms with Crippen molar-refractivity contribution in [1.82, 2.24) is 0 Å². The van der Waals surface area contributed by atoms with Crippen LogP contribution >= 0.6 is 26.6 Å². The van der Waals surface area contributed by atoms with Gasteiger partial charge in [-0.3, -0.25) is 0 Å². The Morgan fingerprint density at radius 3 is 2.75 bits per heavy atom. The average Bonchev–Trinajstić information content (AvgIpc) is 2.83. The van der Waals surface area contributed by atoms with Crippen LogP contribution < -0.4 is 0 Å². The minimum Gasteiger partial charge on any atom is -0.456 e. The number of carbonyl (C=O) groups is 1. The standard InChI is InChI=1S/C11H9BrClFO5S/c12-10-8(11(15)19-7-1-2-18-5-7)3-6(14)4-9(10)20(13,16)17/h3-4,7H,1-2,5H2. The van der Waals surface area contributed by atoms with Gasteiger partial charge < -0.3 is 9.47 Å². The molecule has 1 heterocycles. The molecule has 5 nitrogen and oxygen atoms in total. The third-order valence-corrected chi connectivity index (χ3v) is 5.11. The fourth-order valence-corrected chi connectivity index (χ4v) is 3.96. The predicted octanol–water partition coefficient (Wildman–Crippen LogP) is 2.46. The lowest BCUT2D eigenvalue weighted by Gasteiger charge is -2.12. The van der Waals surface area contributed by atoms with Gasteiger partial charge in [0, 0.05) is 17.1 Å². The zero-order valence-corrected chi connectivity index (χ0v) is 13.1. The van der Waals surface area contributed by atoms with Crippen LogP contribution in [-0.2, 0) is 18.5 Å². The molecule has 0 radical (unpaired) electrons. The number of carbonyl (C=O) groups excluding carboxylic acids is 1. The molecule has 0 saturated carbocycles. The first kappa shape index (κ1) is 15.7. The molecule has 110 valence electrons. The van der Waals surface area contributed by atoms with Crippen molar-refractivity contribution in [2.24, 2.45) is 0 Å². The van der Waals surface area contributed by atoms with Crippen LogP contribution in [0.3, 0.4) is 0 Å². The van der Waals surface area contributed by atoms with Crippen LogP contribution in [0.25, 0.3) is 0 Å². The van der Waals surface area contributed by atoms with E-state index in [-0.39, 0.29) is 16.6 Å². The van der Waals surface area contributed by atoms with Crippen molar-refractivity contribution in [3.05, 3.63) is 28.0 Å². The zero-order valence-electron chi connectivity index (χ0n) is 9.94. The molecule has 1 aliphatic rings. The molecular formula is C11H9BrClFO5S. The van der Waals surface area contributed by atoms with Crippen LogP contribution in [0.2, 0.25) is 0 Å². The number of halogens is 3. The van der Waals surface area contributed by atoms with Gasteiger partial charge in [-0.15, -0.1) is 0 Å². The molecule has 1 unspecified atom stereocenters. The summed E-state index contributed by atoms with van der Waals surface area (Å²) in [5.74, 6) is -1.74. The van der Waals surface area contributed by atoms with Crippen molar-refractivity contribution in [3.63, 3.8) is 0 Å². The van der Waals surface area contributed by atoms with E-state index >= 15 is 0 Å². The molecule has 0 N–H and O–H groups in total. The number of rotatable bonds is 3. The molecule has 1 aromatic rings. The normalized spacial score (nSPS) is 19.1. The summed E-state index contributed by atoms with van der Waals surface area (Å²) in [5.41, 5.74) is -0.240. The number of hydrogen-bond donors (Lipinski definition) is 0. The summed E-state index contributed by atoms with van der Waals surface area (Å²) in [6.45, 7) is 0.739. The second-order valence-corrected chi connectivity index (χ2v) is 7.42. The molecule has 1 aliphatic heterocycles. The van der Waals surface area contributed by atoms with E-state index in [1.807, 2.05) is 0 Å². The van der Waals surface area contributed by atoms with E-state index in [2.05, 4.69) is 15.9 Å². The number of ether oxygens (including phenoxy) is 2. The van der Waals surface area contributed by atoms with E-state index in [4.69, 9.17) is 20.2 Å².